The van der Waals surface area contributed by atoms with E-state index in [2.05, 4.69) is 74.7 Å². The van der Waals surface area contributed by atoms with E-state index in [1.807, 2.05) is 36.4 Å². The third kappa shape index (κ3) is 6.17. The first-order chi connectivity index (χ1) is 17.4. The van der Waals surface area contributed by atoms with Crippen LogP contribution in [-0.2, 0) is 13.0 Å². The van der Waals surface area contributed by atoms with Gasteiger partial charge in [-0.15, -0.1) is 6.58 Å². The molecule has 0 unspecified atom stereocenters. The van der Waals surface area contributed by atoms with Crippen molar-refractivity contribution in [3.8, 4) is 11.5 Å². The lowest BCUT2D eigenvalue weighted by atomic mass is 10.1. The molecule has 0 atom stereocenters. The summed E-state index contributed by atoms with van der Waals surface area (Å²) in [5.74, 6) is 0.975. The van der Waals surface area contributed by atoms with E-state index < -0.39 is 5.91 Å². The maximum Gasteiger partial charge on any atom is 0.307 e. The van der Waals surface area contributed by atoms with Crippen molar-refractivity contribution in [1.82, 2.24) is 5.43 Å². The van der Waals surface area contributed by atoms with E-state index in [0.29, 0.717) is 30.1 Å². The number of nitrogens with zero attached hydrogens (tertiary/aromatic N) is 1. The molecular formula is C28H24BrIN2O4. The van der Waals surface area contributed by atoms with E-state index in [0.717, 1.165) is 30.1 Å². The molecule has 4 rings (SSSR count). The highest BCUT2D eigenvalue weighted by Crippen LogP contribution is 2.34. The highest BCUT2D eigenvalue weighted by molar-refractivity contribution is 14.1. The van der Waals surface area contributed by atoms with Crippen LogP contribution < -0.4 is 14.9 Å². The maximum absolute atomic E-state index is 12.6. The van der Waals surface area contributed by atoms with Crippen molar-refractivity contribution >= 4 is 61.6 Å². The number of hydrazone groups is 1. The van der Waals surface area contributed by atoms with Crippen LogP contribution in [0.15, 0.2) is 81.2 Å². The molecule has 6 nitrogen and oxygen atoms in total. The zero-order chi connectivity index (χ0) is 25.7. The van der Waals surface area contributed by atoms with Gasteiger partial charge in [0.1, 0.15) is 12.2 Å². The van der Waals surface area contributed by atoms with E-state index in [9.17, 15) is 4.79 Å². The summed E-state index contributed by atoms with van der Waals surface area (Å²) in [5, 5.41) is 4.95. The van der Waals surface area contributed by atoms with Crippen LogP contribution in [0.3, 0.4) is 0 Å². The summed E-state index contributed by atoms with van der Waals surface area (Å²) >= 11 is 5.63. The molecule has 3 aromatic carbocycles. The summed E-state index contributed by atoms with van der Waals surface area (Å²) in [6.45, 7) is 6.32. The Kier molecular flexibility index (Phi) is 8.48. The first-order valence-corrected chi connectivity index (χ1v) is 13.0. The number of nitrogens with one attached hydrogen (secondary N) is 1. The summed E-state index contributed by atoms with van der Waals surface area (Å²) in [5.41, 5.74) is 7.10. The second-order valence-electron chi connectivity index (χ2n) is 8.09. The predicted molar refractivity (Wildman–Crippen MR) is 154 cm³/mol. The van der Waals surface area contributed by atoms with Gasteiger partial charge in [-0.05, 0) is 77.4 Å². The largest absolute Gasteiger partial charge is 0.493 e. The fraction of sp³-hybridized carbons (Fsp3) is 0.143. The summed E-state index contributed by atoms with van der Waals surface area (Å²) < 4.78 is 19.3. The number of hydrogen-bond acceptors (Lipinski definition) is 5. The Bertz CT molecular complexity index is 1440. The molecule has 4 aromatic rings. The quantitative estimate of drug-likeness (QED) is 0.0895. The topological polar surface area (TPSA) is 73.1 Å². The van der Waals surface area contributed by atoms with Crippen LogP contribution in [0.1, 0.15) is 32.8 Å². The number of allylic oxidation sites excluding steroid dienone is 1. The number of halogens is 2. The third-order valence-corrected chi connectivity index (χ3v) is 6.64. The van der Waals surface area contributed by atoms with Crippen LogP contribution in [0.25, 0.3) is 11.0 Å². The molecule has 184 valence electrons. The van der Waals surface area contributed by atoms with Crippen LogP contribution >= 0.6 is 38.5 Å². The molecule has 0 aliphatic rings. The highest BCUT2D eigenvalue weighted by atomic mass is 127. The first-order valence-electron chi connectivity index (χ1n) is 11.1. The van der Waals surface area contributed by atoms with Gasteiger partial charge < -0.3 is 13.9 Å². The van der Waals surface area contributed by atoms with Crippen molar-refractivity contribution in [2.24, 2.45) is 5.10 Å². The van der Waals surface area contributed by atoms with Crippen molar-refractivity contribution in [1.29, 1.82) is 0 Å². The molecule has 0 bridgehead atoms. The Morgan fingerprint density at radius 3 is 2.69 bits per heavy atom. The fourth-order valence-corrected chi connectivity index (χ4v) is 5.29. The summed E-state index contributed by atoms with van der Waals surface area (Å²) in [6.07, 6.45) is 3.94. The predicted octanol–water partition coefficient (Wildman–Crippen LogP) is 7.19. The number of hydrogen-bond donors (Lipinski definition) is 1. The maximum atomic E-state index is 12.6. The minimum absolute atomic E-state index is 0.183. The van der Waals surface area contributed by atoms with Gasteiger partial charge in [0.05, 0.1) is 16.9 Å². The van der Waals surface area contributed by atoms with E-state index >= 15 is 0 Å². The summed E-state index contributed by atoms with van der Waals surface area (Å²) in [7, 11) is 1.59. The lowest BCUT2D eigenvalue weighted by Gasteiger charge is -2.16. The Balaban J connectivity index is 1.51. The molecule has 0 spiro atoms. The Morgan fingerprint density at radius 2 is 1.97 bits per heavy atom. The molecule has 1 amide bonds. The minimum Gasteiger partial charge on any atom is -0.493 e. The van der Waals surface area contributed by atoms with E-state index in [1.54, 1.807) is 25.5 Å². The summed E-state index contributed by atoms with van der Waals surface area (Å²) in [4.78, 5) is 12.6. The third-order valence-electron chi connectivity index (χ3n) is 5.38. The van der Waals surface area contributed by atoms with Crippen molar-refractivity contribution in [3.05, 3.63) is 103 Å². The summed E-state index contributed by atoms with van der Waals surface area (Å²) in [6, 6.07) is 17.5. The van der Waals surface area contributed by atoms with E-state index in [1.165, 1.54) is 5.56 Å². The molecule has 36 heavy (non-hydrogen) atoms. The molecule has 0 fully saturated rings. The molecule has 0 aliphatic heterocycles. The molecule has 0 radical (unpaired) electrons. The Hall–Kier alpha value is -3.11. The van der Waals surface area contributed by atoms with Crippen LogP contribution in [0.4, 0.5) is 0 Å². The van der Waals surface area contributed by atoms with Crippen molar-refractivity contribution < 1.29 is 18.7 Å². The standard InChI is InChI=1S/C28H24BrIN2O4/c1-4-5-20-10-19(11-24(34-3)27(20)35-16-18-8-6-17(2)7-9-18)15-31-32-28(33)25-13-21-12-22(29)14-23(30)26(21)36-25/h4,6-15H,1,5,16H2,2-3H3,(H,32,33)/b31-15-. The van der Waals surface area contributed by atoms with Gasteiger partial charge in [0, 0.05) is 15.4 Å². The number of amides is 1. The van der Waals surface area contributed by atoms with Gasteiger partial charge in [-0.1, -0.05) is 51.8 Å². The van der Waals surface area contributed by atoms with Crippen molar-refractivity contribution in [3.63, 3.8) is 0 Å². The number of carbonyl (C=O) groups excluding carboxylic acids is 1. The molecule has 8 heteroatoms. The number of ether oxygens (including phenoxy) is 2. The molecule has 1 N–H and O–H groups in total. The molecule has 0 aliphatic carbocycles. The van der Waals surface area contributed by atoms with Gasteiger partial charge in [-0.3, -0.25) is 4.79 Å². The second-order valence-corrected chi connectivity index (χ2v) is 10.2. The van der Waals surface area contributed by atoms with Crippen LogP contribution in [0.5, 0.6) is 11.5 Å². The number of aryl methyl sites for hydroxylation is 1. The number of methoxy groups -OCH3 is 1. The molecular weight excluding hydrogens is 635 g/mol. The number of carbonyl (C=O) groups is 1. The average Bonchev–Trinajstić information content (AvgIpc) is 3.29. The SMILES string of the molecule is C=CCc1cc(/C=N\NC(=O)c2cc3cc(Br)cc(I)c3o2)cc(OC)c1OCc1ccc(C)cc1. The van der Waals surface area contributed by atoms with E-state index in [-0.39, 0.29) is 5.76 Å². The lowest BCUT2D eigenvalue weighted by Crippen LogP contribution is -2.16. The minimum atomic E-state index is -0.439. The van der Waals surface area contributed by atoms with Gasteiger partial charge in [0.25, 0.3) is 0 Å². The zero-order valence-corrected chi connectivity index (χ0v) is 23.6. The number of fused-ring (bicyclic) bond motifs is 1. The molecule has 1 aromatic heterocycles. The van der Waals surface area contributed by atoms with E-state index in [4.69, 9.17) is 13.9 Å². The Morgan fingerprint density at radius 1 is 1.19 bits per heavy atom. The fourth-order valence-electron chi connectivity index (χ4n) is 3.63. The van der Waals surface area contributed by atoms with Crippen LogP contribution in [0, 0.1) is 10.5 Å². The van der Waals surface area contributed by atoms with Crippen molar-refractivity contribution in [2.75, 3.05) is 7.11 Å². The van der Waals surface area contributed by atoms with Gasteiger partial charge in [-0.2, -0.15) is 5.10 Å². The van der Waals surface area contributed by atoms with Crippen LogP contribution in [0.2, 0.25) is 0 Å². The Labute approximate surface area is 231 Å². The highest BCUT2D eigenvalue weighted by Gasteiger charge is 2.15. The first kappa shape index (κ1) is 26.0. The molecule has 1 heterocycles. The van der Waals surface area contributed by atoms with Gasteiger partial charge in [0.15, 0.2) is 17.3 Å². The normalized spacial score (nSPS) is 11.1. The van der Waals surface area contributed by atoms with Crippen LogP contribution in [-0.4, -0.2) is 19.2 Å². The van der Waals surface area contributed by atoms with Crippen molar-refractivity contribution in [2.45, 2.75) is 20.0 Å². The van der Waals surface area contributed by atoms with Gasteiger partial charge in [0.2, 0.25) is 0 Å². The smallest absolute Gasteiger partial charge is 0.307 e. The second kappa shape index (κ2) is 11.7. The number of furan rings is 1. The average molecular weight is 659 g/mol. The number of benzene rings is 3. The molecule has 0 saturated heterocycles. The monoisotopic (exact) mass is 658 g/mol. The lowest BCUT2D eigenvalue weighted by molar-refractivity contribution is 0.0929. The molecule has 0 saturated carbocycles. The van der Waals surface area contributed by atoms with Gasteiger partial charge >= 0.3 is 5.91 Å². The number of rotatable bonds is 9. The van der Waals surface area contributed by atoms with Gasteiger partial charge in [-0.25, -0.2) is 5.43 Å². The zero-order valence-electron chi connectivity index (χ0n) is 19.8.